The van der Waals surface area contributed by atoms with Crippen molar-refractivity contribution >= 4 is 5.91 Å². The summed E-state index contributed by atoms with van der Waals surface area (Å²) in [6.45, 7) is 7.42. The summed E-state index contributed by atoms with van der Waals surface area (Å²) in [5, 5.41) is 3.31. The number of nitrogens with zero attached hydrogens (tertiary/aromatic N) is 2. The number of hydrogen-bond donors (Lipinski definition) is 1. The van der Waals surface area contributed by atoms with Gasteiger partial charge in [0.05, 0.1) is 6.54 Å². The van der Waals surface area contributed by atoms with E-state index in [1.165, 1.54) is 18.4 Å². The molecule has 1 aliphatic carbocycles. The minimum Gasteiger partial charge on any atom is -0.336 e. The summed E-state index contributed by atoms with van der Waals surface area (Å²) in [5.74, 6) is 1.08. The Kier molecular flexibility index (Phi) is 5.11. The maximum atomic E-state index is 12.3. The van der Waals surface area contributed by atoms with E-state index >= 15 is 0 Å². The Bertz CT molecular complexity index is 486. The van der Waals surface area contributed by atoms with Crippen LogP contribution in [0.25, 0.3) is 0 Å². The number of carbonyl (C=O) groups is 1. The Labute approximate surface area is 133 Å². The van der Waals surface area contributed by atoms with Crippen LogP contribution in [0.2, 0.25) is 0 Å². The van der Waals surface area contributed by atoms with Crippen LogP contribution in [0, 0.1) is 5.92 Å². The molecule has 1 saturated heterocycles. The summed E-state index contributed by atoms with van der Waals surface area (Å²) in [7, 11) is 0. The van der Waals surface area contributed by atoms with Gasteiger partial charge >= 0.3 is 0 Å². The van der Waals surface area contributed by atoms with Gasteiger partial charge in [0.25, 0.3) is 0 Å². The number of rotatable bonds is 6. The molecular formula is C18H27N3O. The van der Waals surface area contributed by atoms with Crippen molar-refractivity contribution in [1.29, 1.82) is 0 Å². The van der Waals surface area contributed by atoms with Gasteiger partial charge in [-0.3, -0.25) is 9.69 Å². The van der Waals surface area contributed by atoms with Crippen LogP contribution in [-0.4, -0.2) is 54.5 Å². The Morgan fingerprint density at radius 1 is 1.23 bits per heavy atom. The second-order valence-corrected chi connectivity index (χ2v) is 6.73. The molecule has 0 aromatic heterocycles. The lowest BCUT2D eigenvalue weighted by Gasteiger charge is -2.40. The minimum atomic E-state index is 0.257. The normalized spacial score (nSPS) is 22.8. The zero-order valence-corrected chi connectivity index (χ0v) is 13.5. The van der Waals surface area contributed by atoms with Gasteiger partial charge in [-0.2, -0.15) is 0 Å². The van der Waals surface area contributed by atoms with E-state index in [-0.39, 0.29) is 5.91 Å². The maximum Gasteiger partial charge on any atom is 0.236 e. The lowest BCUT2D eigenvalue weighted by molar-refractivity contribution is -0.134. The molecule has 3 rings (SSSR count). The van der Waals surface area contributed by atoms with Crippen molar-refractivity contribution < 1.29 is 4.79 Å². The molecule has 0 bridgehead atoms. The molecule has 4 nitrogen and oxygen atoms in total. The first-order valence-electron chi connectivity index (χ1n) is 8.49. The summed E-state index contributed by atoms with van der Waals surface area (Å²) < 4.78 is 0. The van der Waals surface area contributed by atoms with Gasteiger partial charge < -0.3 is 10.2 Å². The molecule has 1 unspecified atom stereocenters. The Hall–Kier alpha value is -1.39. The lowest BCUT2D eigenvalue weighted by Crippen LogP contribution is -2.55. The summed E-state index contributed by atoms with van der Waals surface area (Å²) >= 11 is 0. The first kappa shape index (κ1) is 15.5. The van der Waals surface area contributed by atoms with Gasteiger partial charge in [-0.1, -0.05) is 30.3 Å². The molecule has 1 heterocycles. The predicted octanol–water partition coefficient (Wildman–Crippen LogP) is 1.72. The quantitative estimate of drug-likeness (QED) is 0.869. The third kappa shape index (κ3) is 4.31. The molecule has 2 fully saturated rings. The van der Waals surface area contributed by atoms with Crippen LogP contribution in [-0.2, 0) is 11.3 Å². The number of amides is 1. The van der Waals surface area contributed by atoms with Crippen LogP contribution in [0.1, 0.15) is 25.3 Å². The number of nitrogens with one attached hydrogen (secondary N) is 1. The fourth-order valence-electron chi connectivity index (χ4n) is 3.20. The molecule has 1 aromatic rings. The van der Waals surface area contributed by atoms with E-state index in [1.807, 2.05) is 4.90 Å². The maximum absolute atomic E-state index is 12.3. The Balaban J connectivity index is 1.43. The van der Waals surface area contributed by atoms with Gasteiger partial charge in [0.15, 0.2) is 0 Å². The Morgan fingerprint density at radius 3 is 2.68 bits per heavy atom. The van der Waals surface area contributed by atoms with Crippen molar-refractivity contribution in [2.24, 2.45) is 5.92 Å². The second kappa shape index (κ2) is 7.25. The SMILES string of the molecule is CC1CN(Cc2ccccc2)CCN1C(=O)CNCC1CC1. The first-order valence-corrected chi connectivity index (χ1v) is 8.49. The smallest absolute Gasteiger partial charge is 0.236 e. The van der Waals surface area contributed by atoms with Crippen LogP contribution in [0.4, 0.5) is 0 Å². The number of hydrogen-bond acceptors (Lipinski definition) is 3. The highest BCUT2D eigenvalue weighted by Crippen LogP contribution is 2.27. The second-order valence-electron chi connectivity index (χ2n) is 6.73. The molecule has 1 aliphatic heterocycles. The molecule has 120 valence electrons. The van der Waals surface area contributed by atoms with Crippen molar-refractivity contribution in [2.45, 2.75) is 32.4 Å². The van der Waals surface area contributed by atoms with Crippen LogP contribution in [0.5, 0.6) is 0 Å². The fraction of sp³-hybridized carbons (Fsp3) is 0.611. The molecule has 1 saturated carbocycles. The highest BCUT2D eigenvalue weighted by Gasteiger charge is 2.27. The zero-order chi connectivity index (χ0) is 15.4. The standard InChI is InChI=1S/C18H27N3O/c1-15-13-20(14-17-5-3-2-4-6-17)9-10-21(15)18(22)12-19-11-16-7-8-16/h2-6,15-16,19H,7-14H2,1H3. The molecule has 4 heteroatoms. The lowest BCUT2D eigenvalue weighted by atomic mass is 10.1. The Morgan fingerprint density at radius 2 is 2.00 bits per heavy atom. The van der Waals surface area contributed by atoms with Crippen molar-refractivity contribution in [3.63, 3.8) is 0 Å². The topological polar surface area (TPSA) is 35.6 Å². The first-order chi connectivity index (χ1) is 10.7. The van der Waals surface area contributed by atoms with Gasteiger partial charge in [0.1, 0.15) is 0 Å². The van der Waals surface area contributed by atoms with E-state index in [0.29, 0.717) is 12.6 Å². The van der Waals surface area contributed by atoms with Crippen molar-refractivity contribution in [1.82, 2.24) is 15.1 Å². The zero-order valence-electron chi connectivity index (χ0n) is 13.5. The molecule has 0 spiro atoms. The van der Waals surface area contributed by atoms with Gasteiger partial charge in [-0.05, 0) is 37.8 Å². The summed E-state index contributed by atoms with van der Waals surface area (Å²) in [5.41, 5.74) is 1.35. The average molecular weight is 301 g/mol. The molecule has 2 aliphatic rings. The third-order valence-electron chi connectivity index (χ3n) is 4.69. The third-order valence-corrected chi connectivity index (χ3v) is 4.69. The van der Waals surface area contributed by atoms with Gasteiger partial charge in [0.2, 0.25) is 5.91 Å². The average Bonchev–Trinajstić information content (AvgIpc) is 3.32. The minimum absolute atomic E-state index is 0.257. The molecule has 0 radical (unpaired) electrons. The van der Waals surface area contributed by atoms with Crippen molar-refractivity contribution in [3.05, 3.63) is 35.9 Å². The highest BCUT2D eigenvalue weighted by molar-refractivity contribution is 5.78. The van der Waals surface area contributed by atoms with Gasteiger partial charge in [0, 0.05) is 32.2 Å². The van der Waals surface area contributed by atoms with Crippen LogP contribution in [0.15, 0.2) is 30.3 Å². The summed E-state index contributed by atoms with van der Waals surface area (Å²) in [6.07, 6.45) is 2.66. The van der Waals surface area contributed by atoms with E-state index in [1.54, 1.807) is 0 Å². The predicted molar refractivity (Wildman–Crippen MR) is 88.5 cm³/mol. The van der Waals surface area contributed by atoms with Gasteiger partial charge in [-0.15, -0.1) is 0 Å². The molecular weight excluding hydrogens is 274 g/mol. The van der Waals surface area contributed by atoms with Crippen molar-refractivity contribution in [3.8, 4) is 0 Å². The molecule has 1 N–H and O–H groups in total. The number of carbonyl (C=O) groups excluding carboxylic acids is 1. The van der Waals surface area contributed by atoms with E-state index in [2.05, 4.69) is 47.5 Å². The largest absolute Gasteiger partial charge is 0.336 e. The van der Waals surface area contributed by atoms with E-state index in [0.717, 1.165) is 38.6 Å². The van der Waals surface area contributed by atoms with Crippen molar-refractivity contribution in [2.75, 3.05) is 32.7 Å². The molecule has 1 amide bonds. The number of piperazine rings is 1. The molecule has 1 aromatic carbocycles. The number of benzene rings is 1. The fourth-order valence-corrected chi connectivity index (χ4v) is 3.20. The van der Waals surface area contributed by atoms with E-state index < -0.39 is 0 Å². The molecule has 1 atom stereocenters. The van der Waals surface area contributed by atoms with Crippen LogP contribution in [0.3, 0.4) is 0 Å². The van der Waals surface area contributed by atoms with E-state index in [4.69, 9.17) is 0 Å². The molecule has 22 heavy (non-hydrogen) atoms. The summed E-state index contributed by atoms with van der Waals surface area (Å²) in [4.78, 5) is 16.8. The van der Waals surface area contributed by atoms with E-state index in [9.17, 15) is 4.79 Å². The van der Waals surface area contributed by atoms with Crippen LogP contribution < -0.4 is 5.32 Å². The highest BCUT2D eigenvalue weighted by atomic mass is 16.2. The monoisotopic (exact) mass is 301 g/mol. The van der Waals surface area contributed by atoms with Crippen LogP contribution >= 0.6 is 0 Å². The summed E-state index contributed by atoms with van der Waals surface area (Å²) in [6, 6.07) is 10.9. The van der Waals surface area contributed by atoms with Gasteiger partial charge in [-0.25, -0.2) is 0 Å².